The van der Waals surface area contributed by atoms with Crippen molar-refractivity contribution in [1.82, 2.24) is 4.90 Å². The molecule has 1 aliphatic heterocycles. The maximum Gasteiger partial charge on any atom is 0.411 e. The highest BCUT2D eigenvalue weighted by atomic mass is 16.6. The number of hydrogen-bond donors (Lipinski definition) is 1. The van der Waals surface area contributed by atoms with E-state index in [0.29, 0.717) is 19.3 Å². The van der Waals surface area contributed by atoms with E-state index in [9.17, 15) is 14.7 Å². The van der Waals surface area contributed by atoms with Gasteiger partial charge in [0.25, 0.3) is 0 Å². The number of carbonyl (C=O) groups excluding carboxylic acids is 2. The summed E-state index contributed by atoms with van der Waals surface area (Å²) in [5.41, 5.74) is 1.87. The number of ether oxygens (including phenoxy) is 2. The second kappa shape index (κ2) is 7.05. The van der Waals surface area contributed by atoms with Crippen molar-refractivity contribution >= 4 is 12.1 Å². The molecule has 1 aromatic rings. The molecule has 0 spiro atoms. The third kappa shape index (κ3) is 3.28. The molecule has 1 aromatic carbocycles. The van der Waals surface area contributed by atoms with Crippen LogP contribution in [0.5, 0.6) is 0 Å². The number of hydrogen-bond acceptors (Lipinski definition) is 5. The summed E-state index contributed by atoms with van der Waals surface area (Å²) in [6.45, 7) is 0.137. The zero-order chi connectivity index (χ0) is 17.1. The molecule has 1 amide bonds. The van der Waals surface area contributed by atoms with Crippen LogP contribution in [0.2, 0.25) is 0 Å². The molecule has 1 aliphatic carbocycles. The van der Waals surface area contributed by atoms with Crippen molar-refractivity contribution < 1.29 is 24.2 Å². The molecule has 6 nitrogen and oxygen atoms in total. The number of amides is 1. The first-order chi connectivity index (χ1) is 11.6. The Bertz CT molecular complexity index is 640. The SMILES string of the molecule is COC(=O)[C@@H]1CC2=CC[C@@H](O)C[C@H]2N1C(=O)OCc1ccccc1. The number of benzene rings is 1. The number of esters is 1. The average molecular weight is 331 g/mol. The topological polar surface area (TPSA) is 76.1 Å². The largest absolute Gasteiger partial charge is 0.467 e. The maximum absolute atomic E-state index is 12.6. The lowest BCUT2D eigenvalue weighted by Gasteiger charge is -2.31. The second-order valence-electron chi connectivity index (χ2n) is 6.11. The lowest BCUT2D eigenvalue weighted by atomic mass is 9.92. The lowest BCUT2D eigenvalue weighted by Crippen LogP contribution is -2.47. The highest BCUT2D eigenvalue weighted by molar-refractivity contribution is 5.83. The van der Waals surface area contributed by atoms with Crippen molar-refractivity contribution in [2.45, 2.75) is 44.1 Å². The van der Waals surface area contributed by atoms with Gasteiger partial charge in [-0.05, 0) is 24.0 Å². The Labute approximate surface area is 140 Å². The minimum Gasteiger partial charge on any atom is -0.467 e. The van der Waals surface area contributed by atoms with Crippen molar-refractivity contribution in [2.75, 3.05) is 7.11 Å². The van der Waals surface area contributed by atoms with Gasteiger partial charge < -0.3 is 14.6 Å². The lowest BCUT2D eigenvalue weighted by molar-refractivity contribution is -0.146. The first-order valence-electron chi connectivity index (χ1n) is 8.04. The van der Waals surface area contributed by atoms with E-state index in [1.165, 1.54) is 12.0 Å². The predicted molar refractivity (Wildman–Crippen MR) is 86.0 cm³/mol. The summed E-state index contributed by atoms with van der Waals surface area (Å²) in [4.78, 5) is 26.1. The Morgan fingerprint density at radius 1 is 1.29 bits per heavy atom. The van der Waals surface area contributed by atoms with Crippen LogP contribution in [-0.4, -0.2) is 47.4 Å². The van der Waals surface area contributed by atoms with Gasteiger partial charge in [0.2, 0.25) is 0 Å². The van der Waals surface area contributed by atoms with Gasteiger partial charge in [-0.25, -0.2) is 9.59 Å². The number of likely N-dealkylation sites (tertiary alicyclic amines) is 1. The van der Waals surface area contributed by atoms with E-state index in [1.807, 2.05) is 36.4 Å². The summed E-state index contributed by atoms with van der Waals surface area (Å²) in [6, 6.07) is 8.36. The van der Waals surface area contributed by atoms with Gasteiger partial charge in [-0.15, -0.1) is 0 Å². The molecular formula is C18H21NO5. The molecule has 1 fully saturated rings. The van der Waals surface area contributed by atoms with Gasteiger partial charge in [-0.1, -0.05) is 36.4 Å². The zero-order valence-electron chi connectivity index (χ0n) is 13.6. The van der Waals surface area contributed by atoms with Gasteiger partial charge in [0.05, 0.1) is 19.3 Å². The fraction of sp³-hybridized carbons (Fsp3) is 0.444. The Balaban J connectivity index is 1.76. The van der Waals surface area contributed by atoms with Crippen molar-refractivity contribution in [2.24, 2.45) is 0 Å². The average Bonchev–Trinajstić information content (AvgIpc) is 2.98. The monoisotopic (exact) mass is 331 g/mol. The van der Waals surface area contributed by atoms with E-state index in [0.717, 1.165) is 11.1 Å². The Morgan fingerprint density at radius 3 is 2.75 bits per heavy atom. The molecular weight excluding hydrogens is 310 g/mol. The zero-order valence-corrected chi connectivity index (χ0v) is 13.6. The quantitative estimate of drug-likeness (QED) is 0.677. The summed E-state index contributed by atoms with van der Waals surface area (Å²) < 4.78 is 10.2. The van der Waals surface area contributed by atoms with Crippen LogP contribution in [0.15, 0.2) is 42.0 Å². The molecule has 1 N–H and O–H groups in total. The number of aliphatic hydroxyl groups excluding tert-OH is 1. The van der Waals surface area contributed by atoms with Crippen LogP contribution < -0.4 is 0 Å². The van der Waals surface area contributed by atoms with E-state index >= 15 is 0 Å². The Morgan fingerprint density at radius 2 is 2.04 bits per heavy atom. The standard InChI is InChI=1S/C18H21NO5/c1-23-17(21)16-9-13-7-8-14(20)10-15(13)19(16)18(22)24-11-12-5-3-2-4-6-12/h2-7,14-16,20H,8-11H2,1H3/t14-,15-,16+/m1/s1. The summed E-state index contributed by atoms with van der Waals surface area (Å²) in [7, 11) is 1.31. The van der Waals surface area contributed by atoms with Crippen LogP contribution in [0, 0.1) is 0 Å². The molecule has 1 heterocycles. The first-order valence-corrected chi connectivity index (χ1v) is 8.04. The molecule has 6 heteroatoms. The Hall–Kier alpha value is -2.34. The van der Waals surface area contributed by atoms with E-state index < -0.39 is 24.2 Å². The number of carbonyl (C=O) groups is 2. The van der Waals surface area contributed by atoms with Gasteiger partial charge >= 0.3 is 12.1 Å². The molecule has 1 saturated heterocycles. The van der Waals surface area contributed by atoms with E-state index in [2.05, 4.69) is 0 Å². The van der Waals surface area contributed by atoms with Crippen molar-refractivity contribution in [3.8, 4) is 0 Å². The molecule has 128 valence electrons. The molecule has 0 saturated carbocycles. The highest BCUT2D eigenvalue weighted by Gasteiger charge is 2.47. The van der Waals surface area contributed by atoms with Crippen molar-refractivity contribution in [3.63, 3.8) is 0 Å². The minimum absolute atomic E-state index is 0.137. The van der Waals surface area contributed by atoms with E-state index in [-0.39, 0.29) is 12.6 Å². The number of rotatable bonds is 3. The van der Waals surface area contributed by atoms with Crippen LogP contribution in [0.3, 0.4) is 0 Å². The second-order valence-corrected chi connectivity index (χ2v) is 6.11. The van der Waals surface area contributed by atoms with Gasteiger partial charge in [-0.3, -0.25) is 4.90 Å². The van der Waals surface area contributed by atoms with Crippen LogP contribution >= 0.6 is 0 Å². The van der Waals surface area contributed by atoms with Crippen LogP contribution in [-0.2, 0) is 20.9 Å². The molecule has 0 bridgehead atoms. The van der Waals surface area contributed by atoms with Gasteiger partial charge in [0.1, 0.15) is 12.6 Å². The maximum atomic E-state index is 12.6. The Kier molecular flexibility index (Phi) is 4.85. The van der Waals surface area contributed by atoms with Crippen LogP contribution in [0.1, 0.15) is 24.8 Å². The molecule has 2 aliphatic rings. The number of fused-ring (bicyclic) bond motifs is 1. The molecule has 0 unspecified atom stereocenters. The molecule has 3 rings (SSSR count). The molecule has 3 atom stereocenters. The van der Waals surface area contributed by atoms with E-state index in [4.69, 9.17) is 9.47 Å². The van der Waals surface area contributed by atoms with Crippen molar-refractivity contribution in [1.29, 1.82) is 0 Å². The summed E-state index contributed by atoms with van der Waals surface area (Å²) >= 11 is 0. The molecule has 0 radical (unpaired) electrons. The molecule has 24 heavy (non-hydrogen) atoms. The van der Waals surface area contributed by atoms with Gasteiger partial charge in [-0.2, -0.15) is 0 Å². The van der Waals surface area contributed by atoms with E-state index in [1.54, 1.807) is 0 Å². The summed E-state index contributed by atoms with van der Waals surface area (Å²) in [5.74, 6) is -0.462. The fourth-order valence-corrected chi connectivity index (χ4v) is 3.36. The number of aliphatic hydroxyl groups is 1. The van der Waals surface area contributed by atoms with Crippen molar-refractivity contribution in [3.05, 3.63) is 47.5 Å². The normalized spacial score (nSPS) is 25.7. The predicted octanol–water partition coefficient (Wildman–Crippen LogP) is 2.02. The third-order valence-electron chi connectivity index (χ3n) is 4.57. The minimum atomic E-state index is -0.695. The number of nitrogens with zero attached hydrogens (tertiary/aromatic N) is 1. The third-order valence-corrected chi connectivity index (χ3v) is 4.57. The van der Waals surface area contributed by atoms with Crippen LogP contribution in [0.25, 0.3) is 0 Å². The highest BCUT2D eigenvalue weighted by Crippen LogP contribution is 2.37. The van der Waals surface area contributed by atoms with Gasteiger partial charge in [0.15, 0.2) is 0 Å². The molecule has 0 aromatic heterocycles. The van der Waals surface area contributed by atoms with Gasteiger partial charge in [0, 0.05) is 6.42 Å². The first kappa shape index (κ1) is 16.5. The smallest absolute Gasteiger partial charge is 0.411 e. The summed E-state index contributed by atoms with van der Waals surface area (Å²) in [6.07, 6.45) is 2.24. The summed E-state index contributed by atoms with van der Waals surface area (Å²) in [5, 5.41) is 9.91. The number of methoxy groups -OCH3 is 1. The fourth-order valence-electron chi connectivity index (χ4n) is 3.36. The van der Waals surface area contributed by atoms with Crippen LogP contribution in [0.4, 0.5) is 4.79 Å².